The first-order chi connectivity index (χ1) is 8.65. The molecule has 0 aromatic rings. The van der Waals surface area contributed by atoms with Gasteiger partial charge in [-0.25, -0.2) is 0 Å². The van der Waals surface area contributed by atoms with Crippen LogP contribution >= 0.6 is 11.8 Å². The first-order valence-corrected chi connectivity index (χ1v) is 8.77. The summed E-state index contributed by atoms with van der Waals surface area (Å²) in [5.41, 5.74) is 0.553. The Morgan fingerprint density at radius 1 is 1.28 bits per heavy atom. The average molecular weight is 270 g/mol. The van der Waals surface area contributed by atoms with Crippen molar-refractivity contribution in [2.45, 2.75) is 45.6 Å². The van der Waals surface area contributed by atoms with Crippen molar-refractivity contribution in [3.63, 3.8) is 0 Å². The minimum Gasteiger partial charge on any atom is -0.319 e. The Balaban J connectivity index is 1.96. The molecule has 1 atom stereocenters. The Labute approximate surface area is 117 Å². The number of rotatable bonds is 4. The molecule has 0 bridgehead atoms. The van der Waals surface area contributed by atoms with Crippen LogP contribution in [0.1, 0.15) is 39.5 Å². The number of nitrogens with one attached hydrogen (secondary N) is 1. The fourth-order valence-electron chi connectivity index (χ4n) is 3.57. The molecule has 0 aromatic heterocycles. The predicted octanol–water partition coefficient (Wildman–Crippen LogP) is 2.84. The van der Waals surface area contributed by atoms with Crippen LogP contribution in [0.2, 0.25) is 0 Å². The molecule has 1 saturated heterocycles. The molecule has 1 unspecified atom stereocenters. The smallest absolute Gasteiger partial charge is 0.0158 e. The third-order valence-corrected chi connectivity index (χ3v) is 6.12. The molecular weight excluding hydrogens is 240 g/mol. The summed E-state index contributed by atoms with van der Waals surface area (Å²) in [5, 5.41) is 3.47. The number of hydrogen-bond donors (Lipinski definition) is 1. The summed E-state index contributed by atoms with van der Waals surface area (Å²) in [4.78, 5) is 2.75. The SMILES string of the molecule is CNCC1(CN2CCSCC2C)CCC(C)CC1. The van der Waals surface area contributed by atoms with Gasteiger partial charge in [-0.05, 0) is 38.1 Å². The van der Waals surface area contributed by atoms with E-state index in [4.69, 9.17) is 0 Å². The van der Waals surface area contributed by atoms with E-state index in [1.54, 1.807) is 0 Å². The zero-order valence-corrected chi connectivity index (χ0v) is 13.2. The largest absolute Gasteiger partial charge is 0.319 e. The van der Waals surface area contributed by atoms with Crippen LogP contribution in [0, 0.1) is 11.3 Å². The van der Waals surface area contributed by atoms with E-state index in [-0.39, 0.29) is 0 Å². The molecule has 0 aromatic carbocycles. The van der Waals surface area contributed by atoms with Gasteiger partial charge in [0.15, 0.2) is 0 Å². The fourth-order valence-corrected chi connectivity index (χ4v) is 4.65. The van der Waals surface area contributed by atoms with Gasteiger partial charge in [0.1, 0.15) is 0 Å². The van der Waals surface area contributed by atoms with Crippen molar-refractivity contribution in [1.29, 1.82) is 0 Å². The maximum atomic E-state index is 3.47. The average Bonchev–Trinajstić information content (AvgIpc) is 2.36. The lowest BCUT2D eigenvalue weighted by molar-refractivity contribution is 0.0751. The van der Waals surface area contributed by atoms with E-state index in [0.29, 0.717) is 5.41 Å². The molecule has 18 heavy (non-hydrogen) atoms. The normalized spacial score (nSPS) is 38.8. The highest BCUT2D eigenvalue weighted by Gasteiger charge is 2.36. The van der Waals surface area contributed by atoms with Crippen LogP contribution in [0.5, 0.6) is 0 Å². The summed E-state index contributed by atoms with van der Waals surface area (Å²) in [5.74, 6) is 3.60. The molecule has 0 radical (unpaired) electrons. The zero-order valence-electron chi connectivity index (χ0n) is 12.4. The molecule has 0 spiro atoms. The van der Waals surface area contributed by atoms with Crippen LogP contribution in [0.15, 0.2) is 0 Å². The molecule has 1 N–H and O–H groups in total. The second-order valence-corrected chi connectivity index (χ2v) is 7.76. The van der Waals surface area contributed by atoms with E-state index in [0.717, 1.165) is 12.0 Å². The molecule has 2 rings (SSSR count). The Hall–Kier alpha value is 0.270. The molecule has 1 aliphatic carbocycles. The van der Waals surface area contributed by atoms with Crippen molar-refractivity contribution >= 4 is 11.8 Å². The standard InChI is InChI=1S/C15H30N2S/c1-13-4-6-15(7-5-13,11-16-3)12-17-8-9-18-10-14(17)2/h13-14,16H,4-12H2,1-3H3. The van der Waals surface area contributed by atoms with Crippen LogP contribution < -0.4 is 5.32 Å². The van der Waals surface area contributed by atoms with E-state index in [9.17, 15) is 0 Å². The highest BCUT2D eigenvalue weighted by molar-refractivity contribution is 7.99. The van der Waals surface area contributed by atoms with E-state index < -0.39 is 0 Å². The van der Waals surface area contributed by atoms with Gasteiger partial charge in [-0.2, -0.15) is 11.8 Å². The van der Waals surface area contributed by atoms with Crippen LogP contribution in [0.3, 0.4) is 0 Å². The van der Waals surface area contributed by atoms with Crippen LogP contribution in [-0.2, 0) is 0 Å². The van der Waals surface area contributed by atoms with Gasteiger partial charge in [0.05, 0.1) is 0 Å². The quantitative estimate of drug-likeness (QED) is 0.846. The third-order valence-electron chi connectivity index (χ3n) is 4.93. The summed E-state index contributed by atoms with van der Waals surface area (Å²) in [6.45, 7) is 8.65. The lowest BCUT2D eigenvalue weighted by Gasteiger charge is -2.45. The topological polar surface area (TPSA) is 15.3 Å². The number of hydrogen-bond acceptors (Lipinski definition) is 3. The van der Waals surface area contributed by atoms with Gasteiger partial charge in [0.25, 0.3) is 0 Å². The second-order valence-electron chi connectivity index (χ2n) is 6.61. The zero-order chi connectivity index (χ0) is 13.0. The van der Waals surface area contributed by atoms with Crippen molar-refractivity contribution in [2.75, 3.05) is 38.2 Å². The highest BCUT2D eigenvalue weighted by Crippen LogP contribution is 2.39. The Kier molecular flexibility index (Phi) is 5.40. The lowest BCUT2D eigenvalue weighted by Crippen LogP contribution is -2.50. The first-order valence-electron chi connectivity index (χ1n) is 7.62. The Morgan fingerprint density at radius 3 is 2.61 bits per heavy atom. The van der Waals surface area contributed by atoms with E-state index in [1.165, 1.54) is 56.8 Å². The summed E-state index contributed by atoms with van der Waals surface area (Å²) in [7, 11) is 2.12. The minimum atomic E-state index is 0.553. The van der Waals surface area contributed by atoms with Crippen LogP contribution in [-0.4, -0.2) is 49.1 Å². The molecule has 1 saturated carbocycles. The molecular formula is C15H30N2S. The van der Waals surface area contributed by atoms with Gasteiger partial charge in [-0.15, -0.1) is 0 Å². The van der Waals surface area contributed by atoms with Gasteiger partial charge < -0.3 is 5.32 Å². The predicted molar refractivity (Wildman–Crippen MR) is 82.4 cm³/mol. The van der Waals surface area contributed by atoms with E-state index in [1.807, 2.05) is 0 Å². The molecule has 2 nitrogen and oxygen atoms in total. The Bertz CT molecular complexity index is 249. The highest BCUT2D eigenvalue weighted by atomic mass is 32.2. The molecule has 2 fully saturated rings. The van der Waals surface area contributed by atoms with Gasteiger partial charge in [0.2, 0.25) is 0 Å². The molecule has 1 heterocycles. The van der Waals surface area contributed by atoms with Gasteiger partial charge in [-0.3, -0.25) is 4.90 Å². The van der Waals surface area contributed by atoms with Crippen LogP contribution in [0.25, 0.3) is 0 Å². The number of thioether (sulfide) groups is 1. The monoisotopic (exact) mass is 270 g/mol. The van der Waals surface area contributed by atoms with Gasteiger partial charge >= 0.3 is 0 Å². The van der Waals surface area contributed by atoms with E-state index in [2.05, 4.69) is 42.9 Å². The fraction of sp³-hybridized carbons (Fsp3) is 1.00. The molecule has 0 amide bonds. The maximum Gasteiger partial charge on any atom is 0.0158 e. The van der Waals surface area contributed by atoms with Crippen LogP contribution in [0.4, 0.5) is 0 Å². The summed E-state index contributed by atoms with van der Waals surface area (Å²) in [6.07, 6.45) is 5.70. The van der Waals surface area contributed by atoms with E-state index >= 15 is 0 Å². The minimum absolute atomic E-state index is 0.553. The first kappa shape index (κ1) is 14.7. The van der Waals surface area contributed by atoms with Crippen molar-refractivity contribution in [3.8, 4) is 0 Å². The Morgan fingerprint density at radius 2 is 2.00 bits per heavy atom. The summed E-state index contributed by atoms with van der Waals surface area (Å²) >= 11 is 2.12. The van der Waals surface area contributed by atoms with Crippen molar-refractivity contribution in [2.24, 2.45) is 11.3 Å². The maximum absolute atomic E-state index is 3.47. The number of nitrogens with zero attached hydrogens (tertiary/aromatic N) is 1. The summed E-state index contributed by atoms with van der Waals surface area (Å²) < 4.78 is 0. The molecule has 2 aliphatic rings. The molecule has 106 valence electrons. The van der Waals surface area contributed by atoms with Crippen molar-refractivity contribution < 1.29 is 0 Å². The van der Waals surface area contributed by atoms with Gasteiger partial charge in [-0.1, -0.05) is 19.8 Å². The third kappa shape index (κ3) is 3.64. The molecule has 3 heteroatoms. The lowest BCUT2D eigenvalue weighted by atomic mass is 9.70. The summed E-state index contributed by atoms with van der Waals surface area (Å²) in [6, 6.07) is 0.775. The second kappa shape index (κ2) is 6.62. The van der Waals surface area contributed by atoms with Gasteiger partial charge in [0, 0.05) is 37.2 Å². The molecule has 1 aliphatic heterocycles. The van der Waals surface area contributed by atoms with Crippen molar-refractivity contribution in [3.05, 3.63) is 0 Å². The van der Waals surface area contributed by atoms with Crippen molar-refractivity contribution in [1.82, 2.24) is 10.2 Å².